The lowest BCUT2D eigenvalue weighted by Gasteiger charge is -2.19. The van der Waals surface area contributed by atoms with Crippen LogP contribution in [0.3, 0.4) is 0 Å². The SMILES string of the molecule is CCCN(C(=O)/N=c1/ccn(O)c(Cl)c1)c1ccccc1. The van der Waals surface area contributed by atoms with E-state index in [1.807, 2.05) is 37.3 Å². The number of halogens is 1. The molecule has 0 fully saturated rings. The maximum Gasteiger partial charge on any atom is 0.348 e. The topological polar surface area (TPSA) is 57.8 Å². The van der Waals surface area contributed by atoms with Crippen LogP contribution in [0.4, 0.5) is 10.5 Å². The maximum atomic E-state index is 12.3. The van der Waals surface area contributed by atoms with Gasteiger partial charge in [0.15, 0.2) is 0 Å². The highest BCUT2D eigenvalue weighted by Gasteiger charge is 2.13. The molecule has 1 aromatic carbocycles. The van der Waals surface area contributed by atoms with E-state index in [1.165, 1.54) is 18.3 Å². The van der Waals surface area contributed by atoms with Crippen molar-refractivity contribution in [3.8, 4) is 0 Å². The van der Waals surface area contributed by atoms with Crippen LogP contribution < -0.4 is 10.3 Å². The molecule has 0 unspecified atom stereocenters. The molecule has 0 saturated carbocycles. The molecule has 1 aromatic heterocycles. The number of para-hydroxylation sites is 1. The molecule has 0 spiro atoms. The van der Waals surface area contributed by atoms with Crippen LogP contribution in [0, 0.1) is 0 Å². The summed E-state index contributed by atoms with van der Waals surface area (Å²) in [7, 11) is 0. The van der Waals surface area contributed by atoms with Crippen LogP contribution in [0.5, 0.6) is 0 Å². The van der Waals surface area contributed by atoms with Gasteiger partial charge in [-0.25, -0.2) is 4.79 Å². The molecule has 21 heavy (non-hydrogen) atoms. The molecule has 0 radical (unpaired) electrons. The molecule has 6 heteroatoms. The Morgan fingerprint density at radius 2 is 2.05 bits per heavy atom. The number of benzene rings is 1. The first kappa shape index (κ1) is 15.1. The fourth-order valence-electron chi connectivity index (χ4n) is 1.86. The van der Waals surface area contributed by atoms with Gasteiger partial charge in [-0.15, -0.1) is 0 Å². The Morgan fingerprint density at radius 1 is 1.33 bits per heavy atom. The van der Waals surface area contributed by atoms with E-state index in [9.17, 15) is 10.0 Å². The Kier molecular flexibility index (Phi) is 5.00. The zero-order valence-corrected chi connectivity index (χ0v) is 12.4. The molecule has 2 aromatic rings. The predicted molar refractivity (Wildman–Crippen MR) is 81.7 cm³/mol. The number of pyridine rings is 1. The van der Waals surface area contributed by atoms with Crippen molar-refractivity contribution >= 4 is 23.3 Å². The van der Waals surface area contributed by atoms with E-state index in [2.05, 4.69) is 4.99 Å². The van der Waals surface area contributed by atoms with Crippen LogP contribution in [0.2, 0.25) is 5.15 Å². The molecule has 0 aliphatic carbocycles. The van der Waals surface area contributed by atoms with Gasteiger partial charge in [0.25, 0.3) is 0 Å². The average molecular weight is 306 g/mol. The highest BCUT2D eigenvalue weighted by atomic mass is 35.5. The second-order valence-electron chi connectivity index (χ2n) is 4.43. The molecule has 0 aliphatic heterocycles. The quantitative estimate of drug-likeness (QED) is 0.698. The zero-order valence-electron chi connectivity index (χ0n) is 11.6. The fraction of sp³-hybridized carbons (Fsp3) is 0.200. The van der Waals surface area contributed by atoms with Gasteiger partial charge < -0.3 is 5.21 Å². The van der Waals surface area contributed by atoms with Crippen molar-refractivity contribution in [3.05, 3.63) is 59.2 Å². The van der Waals surface area contributed by atoms with Crippen molar-refractivity contribution in [2.75, 3.05) is 11.4 Å². The predicted octanol–water partition coefficient (Wildman–Crippen LogP) is 3.32. The van der Waals surface area contributed by atoms with Gasteiger partial charge in [0.05, 0.1) is 5.36 Å². The molecule has 0 bridgehead atoms. The van der Waals surface area contributed by atoms with Gasteiger partial charge in [-0.3, -0.25) is 4.90 Å². The first-order chi connectivity index (χ1) is 10.1. The molecule has 2 amide bonds. The van der Waals surface area contributed by atoms with E-state index in [-0.39, 0.29) is 11.2 Å². The van der Waals surface area contributed by atoms with E-state index in [4.69, 9.17) is 11.6 Å². The summed E-state index contributed by atoms with van der Waals surface area (Å²) in [6.07, 6.45) is 2.16. The minimum Gasteiger partial charge on any atom is -0.428 e. The minimum absolute atomic E-state index is 0.0887. The Morgan fingerprint density at radius 3 is 2.67 bits per heavy atom. The smallest absolute Gasteiger partial charge is 0.348 e. The van der Waals surface area contributed by atoms with Crippen LogP contribution in [-0.2, 0) is 0 Å². The highest BCUT2D eigenvalue weighted by molar-refractivity contribution is 6.29. The summed E-state index contributed by atoms with van der Waals surface area (Å²) in [6, 6.07) is 11.9. The molecule has 1 N–H and O–H groups in total. The first-order valence-electron chi connectivity index (χ1n) is 6.60. The van der Waals surface area contributed by atoms with Gasteiger partial charge in [0.1, 0.15) is 5.15 Å². The summed E-state index contributed by atoms with van der Waals surface area (Å²) in [5.74, 6) is 0. The minimum atomic E-state index is -0.366. The van der Waals surface area contributed by atoms with Crippen molar-refractivity contribution in [3.63, 3.8) is 0 Å². The Balaban J connectivity index is 2.33. The number of hydrogen-bond acceptors (Lipinski definition) is 2. The molecule has 5 nitrogen and oxygen atoms in total. The second-order valence-corrected chi connectivity index (χ2v) is 4.82. The van der Waals surface area contributed by atoms with E-state index in [0.717, 1.165) is 16.8 Å². The van der Waals surface area contributed by atoms with Gasteiger partial charge in [0, 0.05) is 24.5 Å². The van der Waals surface area contributed by atoms with Crippen LogP contribution in [0.25, 0.3) is 0 Å². The lowest BCUT2D eigenvalue weighted by Crippen LogP contribution is -2.30. The third-order valence-corrected chi connectivity index (χ3v) is 3.13. The Hall–Kier alpha value is -2.27. The maximum absolute atomic E-state index is 12.3. The van der Waals surface area contributed by atoms with Crippen LogP contribution in [0.1, 0.15) is 13.3 Å². The normalized spacial score (nSPS) is 11.4. The van der Waals surface area contributed by atoms with Crippen LogP contribution in [-0.4, -0.2) is 22.5 Å². The number of carbonyl (C=O) groups is 1. The van der Waals surface area contributed by atoms with Crippen molar-refractivity contribution in [2.45, 2.75) is 13.3 Å². The summed E-state index contributed by atoms with van der Waals surface area (Å²) in [4.78, 5) is 18.0. The number of anilines is 1. The van der Waals surface area contributed by atoms with Crippen molar-refractivity contribution in [2.24, 2.45) is 4.99 Å². The summed E-state index contributed by atoms with van der Waals surface area (Å²) >= 11 is 5.78. The standard InChI is InChI=1S/C15H16ClN3O2/c1-2-9-18(13-6-4-3-5-7-13)15(20)17-12-8-10-19(21)14(16)11-12/h3-8,10-11,21H,2,9H2,1H3/b17-12-. The van der Waals surface area contributed by atoms with E-state index < -0.39 is 0 Å². The molecule has 0 saturated heterocycles. The van der Waals surface area contributed by atoms with Crippen molar-refractivity contribution in [1.82, 2.24) is 4.73 Å². The fourth-order valence-corrected chi connectivity index (χ4v) is 2.03. The van der Waals surface area contributed by atoms with Crippen LogP contribution >= 0.6 is 11.6 Å². The third kappa shape index (κ3) is 3.86. The lowest BCUT2D eigenvalue weighted by atomic mass is 10.3. The number of urea groups is 1. The van der Waals surface area contributed by atoms with Crippen molar-refractivity contribution < 1.29 is 10.0 Å². The Labute approximate surface area is 127 Å². The molecular weight excluding hydrogens is 290 g/mol. The summed E-state index contributed by atoms with van der Waals surface area (Å²) in [6.45, 7) is 2.57. The molecular formula is C15H16ClN3O2. The number of carbonyl (C=O) groups excluding carboxylic acids is 1. The summed E-state index contributed by atoms with van der Waals surface area (Å²) in [5, 5.41) is 9.78. The van der Waals surface area contributed by atoms with Gasteiger partial charge in [0.2, 0.25) is 0 Å². The molecule has 110 valence electrons. The average Bonchev–Trinajstić information content (AvgIpc) is 2.49. The molecule has 2 rings (SSSR count). The first-order valence-corrected chi connectivity index (χ1v) is 6.98. The summed E-state index contributed by atoms with van der Waals surface area (Å²) in [5.41, 5.74) is 0.798. The monoisotopic (exact) mass is 305 g/mol. The highest BCUT2D eigenvalue weighted by Crippen LogP contribution is 2.14. The Bertz CT molecular complexity index is 683. The van der Waals surface area contributed by atoms with Crippen LogP contribution in [0.15, 0.2) is 53.7 Å². The van der Waals surface area contributed by atoms with E-state index >= 15 is 0 Å². The third-order valence-electron chi connectivity index (χ3n) is 2.84. The second kappa shape index (κ2) is 6.95. The number of aromatic nitrogens is 1. The van der Waals surface area contributed by atoms with E-state index in [1.54, 1.807) is 4.90 Å². The zero-order chi connectivity index (χ0) is 15.2. The van der Waals surface area contributed by atoms with Crippen molar-refractivity contribution in [1.29, 1.82) is 0 Å². The van der Waals surface area contributed by atoms with Gasteiger partial charge in [-0.05, 0) is 24.6 Å². The number of amides is 2. The number of hydrogen-bond donors (Lipinski definition) is 1. The molecule has 0 atom stereocenters. The van der Waals surface area contributed by atoms with Gasteiger partial charge in [-0.1, -0.05) is 36.7 Å². The number of rotatable bonds is 3. The molecule has 0 aliphatic rings. The lowest BCUT2D eigenvalue weighted by molar-refractivity contribution is 0.185. The van der Waals surface area contributed by atoms with Gasteiger partial charge in [-0.2, -0.15) is 9.72 Å². The van der Waals surface area contributed by atoms with E-state index in [0.29, 0.717) is 11.9 Å². The largest absolute Gasteiger partial charge is 0.428 e. The van der Waals surface area contributed by atoms with Gasteiger partial charge >= 0.3 is 6.03 Å². The summed E-state index contributed by atoms with van der Waals surface area (Å²) < 4.78 is 0.756. The number of nitrogens with zero attached hydrogens (tertiary/aromatic N) is 3. The molecule has 1 heterocycles.